The third-order valence-electron chi connectivity index (χ3n) is 4.14. The summed E-state index contributed by atoms with van der Waals surface area (Å²) in [6.45, 7) is 3.54. The van der Waals surface area contributed by atoms with Crippen LogP contribution in [-0.4, -0.2) is 59.6 Å². The Morgan fingerprint density at radius 3 is 2.88 bits per heavy atom. The fourth-order valence-electron chi connectivity index (χ4n) is 2.70. The van der Waals surface area contributed by atoms with Gasteiger partial charge in [0.25, 0.3) is 0 Å². The quantitative estimate of drug-likeness (QED) is 0.837. The summed E-state index contributed by atoms with van der Waals surface area (Å²) in [5.74, 6) is 0.719. The SMILES string of the molecule is Cc1ccc(CC(=O)N2CCOC(c3ccnc(N(C)C)n3)C2)cn1. The molecule has 2 aromatic rings. The minimum atomic E-state index is -0.226. The monoisotopic (exact) mass is 341 g/mol. The molecule has 0 spiro atoms. The van der Waals surface area contributed by atoms with Crippen molar-refractivity contribution < 1.29 is 9.53 Å². The Kier molecular flexibility index (Phi) is 5.23. The Morgan fingerprint density at radius 2 is 2.16 bits per heavy atom. The van der Waals surface area contributed by atoms with Gasteiger partial charge in [0.2, 0.25) is 11.9 Å². The van der Waals surface area contributed by atoms with E-state index in [2.05, 4.69) is 15.0 Å². The first kappa shape index (κ1) is 17.3. The second-order valence-electron chi connectivity index (χ2n) is 6.36. The van der Waals surface area contributed by atoms with Gasteiger partial charge < -0.3 is 14.5 Å². The van der Waals surface area contributed by atoms with Crippen LogP contribution in [0.1, 0.15) is 23.1 Å². The van der Waals surface area contributed by atoms with Gasteiger partial charge in [-0.05, 0) is 24.6 Å². The Morgan fingerprint density at radius 1 is 1.32 bits per heavy atom. The van der Waals surface area contributed by atoms with E-state index in [-0.39, 0.29) is 12.0 Å². The van der Waals surface area contributed by atoms with Crippen molar-refractivity contribution in [1.29, 1.82) is 0 Å². The lowest BCUT2D eigenvalue weighted by Crippen LogP contribution is -2.43. The molecule has 1 unspecified atom stereocenters. The van der Waals surface area contributed by atoms with Crippen LogP contribution in [0.3, 0.4) is 0 Å². The Labute approximate surface area is 147 Å². The van der Waals surface area contributed by atoms with Gasteiger partial charge in [0, 0.05) is 38.7 Å². The van der Waals surface area contributed by atoms with Gasteiger partial charge in [-0.15, -0.1) is 0 Å². The summed E-state index contributed by atoms with van der Waals surface area (Å²) in [5, 5.41) is 0. The van der Waals surface area contributed by atoms with Gasteiger partial charge in [0.1, 0.15) is 6.10 Å². The van der Waals surface area contributed by atoms with Gasteiger partial charge in [-0.1, -0.05) is 6.07 Å². The molecule has 0 aliphatic carbocycles. The molecule has 1 atom stereocenters. The number of pyridine rings is 1. The molecule has 1 aliphatic heterocycles. The van der Waals surface area contributed by atoms with Crippen molar-refractivity contribution in [3.63, 3.8) is 0 Å². The largest absolute Gasteiger partial charge is 0.368 e. The van der Waals surface area contributed by atoms with Crippen LogP contribution in [0.5, 0.6) is 0 Å². The van der Waals surface area contributed by atoms with E-state index in [0.29, 0.717) is 32.1 Å². The lowest BCUT2D eigenvalue weighted by atomic mass is 10.1. The molecule has 3 heterocycles. The number of rotatable bonds is 4. The molecule has 1 fully saturated rings. The normalized spacial score (nSPS) is 17.4. The van der Waals surface area contributed by atoms with Gasteiger partial charge in [-0.3, -0.25) is 9.78 Å². The maximum Gasteiger partial charge on any atom is 0.227 e. The maximum absolute atomic E-state index is 12.6. The molecule has 1 aliphatic rings. The van der Waals surface area contributed by atoms with Crippen LogP contribution in [0, 0.1) is 6.92 Å². The van der Waals surface area contributed by atoms with E-state index >= 15 is 0 Å². The van der Waals surface area contributed by atoms with Crippen molar-refractivity contribution in [3.05, 3.63) is 47.5 Å². The van der Waals surface area contributed by atoms with Crippen LogP contribution in [-0.2, 0) is 16.0 Å². The minimum absolute atomic E-state index is 0.0841. The number of nitrogens with zero attached hydrogens (tertiary/aromatic N) is 5. The van der Waals surface area contributed by atoms with Crippen LogP contribution < -0.4 is 4.90 Å². The summed E-state index contributed by atoms with van der Waals surface area (Å²) in [6.07, 6.45) is 3.61. The Hall–Kier alpha value is -2.54. The minimum Gasteiger partial charge on any atom is -0.368 e. The number of ether oxygens (including phenoxy) is 1. The van der Waals surface area contributed by atoms with E-state index in [1.54, 1.807) is 12.4 Å². The summed E-state index contributed by atoms with van der Waals surface area (Å²) in [5.41, 5.74) is 2.67. The van der Waals surface area contributed by atoms with Crippen molar-refractivity contribution in [1.82, 2.24) is 19.9 Å². The standard InChI is InChI=1S/C18H23N5O2/c1-13-4-5-14(11-20-13)10-17(24)23-8-9-25-16(12-23)15-6-7-19-18(21-15)22(2)3/h4-7,11,16H,8-10,12H2,1-3H3. The first-order chi connectivity index (χ1) is 12.0. The zero-order valence-electron chi connectivity index (χ0n) is 14.8. The number of anilines is 1. The van der Waals surface area contributed by atoms with Crippen molar-refractivity contribution >= 4 is 11.9 Å². The van der Waals surface area contributed by atoms with E-state index in [0.717, 1.165) is 17.0 Å². The third kappa shape index (κ3) is 4.30. The molecule has 0 bridgehead atoms. The highest BCUT2D eigenvalue weighted by Gasteiger charge is 2.26. The summed E-state index contributed by atoms with van der Waals surface area (Å²) in [7, 11) is 3.79. The smallest absolute Gasteiger partial charge is 0.227 e. The average molecular weight is 341 g/mol. The van der Waals surface area contributed by atoms with E-state index in [1.165, 1.54) is 0 Å². The van der Waals surface area contributed by atoms with Crippen molar-refractivity contribution in [3.8, 4) is 0 Å². The first-order valence-corrected chi connectivity index (χ1v) is 8.34. The Balaban J connectivity index is 1.67. The molecule has 0 radical (unpaired) electrons. The summed E-state index contributed by atoms with van der Waals surface area (Å²) in [4.78, 5) is 29.3. The van der Waals surface area contributed by atoms with Gasteiger partial charge in [0.05, 0.1) is 25.3 Å². The summed E-state index contributed by atoms with van der Waals surface area (Å²) in [6, 6.07) is 5.72. The number of carbonyl (C=O) groups excluding carboxylic acids is 1. The van der Waals surface area contributed by atoms with Crippen molar-refractivity contribution in [2.75, 3.05) is 38.7 Å². The molecule has 132 valence electrons. The molecule has 0 aromatic carbocycles. The molecule has 2 aromatic heterocycles. The fourth-order valence-corrected chi connectivity index (χ4v) is 2.70. The number of hydrogen-bond donors (Lipinski definition) is 0. The van der Waals surface area contributed by atoms with Gasteiger partial charge >= 0.3 is 0 Å². The Bertz CT molecular complexity index is 733. The molecule has 25 heavy (non-hydrogen) atoms. The third-order valence-corrected chi connectivity index (χ3v) is 4.14. The van der Waals surface area contributed by atoms with Crippen LogP contribution in [0.25, 0.3) is 0 Å². The number of morpholine rings is 1. The highest BCUT2D eigenvalue weighted by atomic mass is 16.5. The predicted octanol–water partition coefficient (Wildman–Crippen LogP) is 1.39. The zero-order valence-corrected chi connectivity index (χ0v) is 14.8. The molecule has 1 amide bonds. The van der Waals surface area contributed by atoms with E-state index in [1.807, 2.05) is 49.0 Å². The second kappa shape index (κ2) is 7.57. The maximum atomic E-state index is 12.6. The van der Waals surface area contributed by atoms with Gasteiger partial charge in [0.15, 0.2) is 0 Å². The molecule has 3 rings (SSSR count). The van der Waals surface area contributed by atoms with Crippen LogP contribution >= 0.6 is 0 Å². The van der Waals surface area contributed by atoms with E-state index < -0.39 is 0 Å². The van der Waals surface area contributed by atoms with Gasteiger partial charge in [-0.25, -0.2) is 9.97 Å². The fraction of sp³-hybridized carbons (Fsp3) is 0.444. The highest BCUT2D eigenvalue weighted by molar-refractivity contribution is 5.78. The molecule has 0 saturated carbocycles. The number of aryl methyl sites for hydroxylation is 1. The highest BCUT2D eigenvalue weighted by Crippen LogP contribution is 2.22. The number of carbonyl (C=O) groups is 1. The molecule has 0 N–H and O–H groups in total. The number of aromatic nitrogens is 3. The topological polar surface area (TPSA) is 71.5 Å². The molecular formula is C18H23N5O2. The second-order valence-corrected chi connectivity index (χ2v) is 6.36. The summed E-state index contributed by atoms with van der Waals surface area (Å²) >= 11 is 0. The van der Waals surface area contributed by atoms with Crippen LogP contribution in [0.4, 0.5) is 5.95 Å². The molecule has 7 nitrogen and oxygen atoms in total. The van der Waals surface area contributed by atoms with Crippen LogP contribution in [0.2, 0.25) is 0 Å². The van der Waals surface area contributed by atoms with Crippen molar-refractivity contribution in [2.24, 2.45) is 0 Å². The summed E-state index contributed by atoms with van der Waals surface area (Å²) < 4.78 is 5.83. The lowest BCUT2D eigenvalue weighted by Gasteiger charge is -2.33. The van der Waals surface area contributed by atoms with E-state index in [9.17, 15) is 4.79 Å². The lowest BCUT2D eigenvalue weighted by molar-refractivity contribution is -0.138. The number of amides is 1. The van der Waals surface area contributed by atoms with E-state index in [4.69, 9.17) is 4.74 Å². The zero-order chi connectivity index (χ0) is 17.8. The van der Waals surface area contributed by atoms with Gasteiger partial charge in [-0.2, -0.15) is 0 Å². The molecule has 1 saturated heterocycles. The molecule has 7 heteroatoms. The van der Waals surface area contributed by atoms with Crippen LogP contribution in [0.15, 0.2) is 30.6 Å². The number of hydrogen-bond acceptors (Lipinski definition) is 6. The van der Waals surface area contributed by atoms with Crippen molar-refractivity contribution in [2.45, 2.75) is 19.4 Å². The predicted molar refractivity (Wildman–Crippen MR) is 94.3 cm³/mol. The molecular weight excluding hydrogens is 318 g/mol. The first-order valence-electron chi connectivity index (χ1n) is 8.34. The average Bonchev–Trinajstić information content (AvgIpc) is 2.64.